The molecule has 0 radical (unpaired) electrons. The molecule has 162 valence electrons. The highest BCUT2D eigenvalue weighted by Crippen LogP contribution is 2.18. The van der Waals surface area contributed by atoms with Crippen molar-refractivity contribution in [3.05, 3.63) is 56.5 Å². The van der Waals surface area contributed by atoms with E-state index in [-0.39, 0.29) is 30.2 Å². The second-order valence-electron chi connectivity index (χ2n) is 6.60. The number of carbonyl (C=O) groups is 2. The molecule has 10 heteroatoms. The zero-order valence-electron chi connectivity index (χ0n) is 16.9. The second-order valence-corrected chi connectivity index (χ2v) is 6.60. The van der Waals surface area contributed by atoms with E-state index in [9.17, 15) is 23.6 Å². The van der Waals surface area contributed by atoms with Gasteiger partial charge in [-0.05, 0) is 25.0 Å². The first-order valence-electron chi connectivity index (χ1n) is 9.66. The lowest BCUT2D eigenvalue weighted by molar-refractivity contribution is -0.121. The van der Waals surface area contributed by atoms with Gasteiger partial charge in [0.1, 0.15) is 11.6 Å². The Balaban J connectivity index is 2.32. The molecule has 9 nitrogen and oxygen atoms in total. The van der Waals surface area contributed by atoms with E-state index < -0.39 is 35.5 Å². The number of esters is 1. The van der Waals surface area contributed by atoms with Crippen molar-refractivity contribution in [2.75, 3.05) is 23.8 Å². The number of amides is 1. The molecule has 1 aromatic carbocycles. The van der Waals surface area contributed by atoms with Gasteiger partial charge in [0, 0.05) is 13.1 Å². The SMILES string of the molecule is CCCCN(C(=O)COC(=O)c1ccccc1F)c1c(N)n(CCC)c(=O)[nH]c1=O. The van der Waals surface area contributed by atoms with E-state index in [0.29, 0.717) is 19.3 Å². The Morgan fingerprint density at radius 2 is 1.90 bits per heavy atom. The van der Waals surface area contributed by atoms with Gasteiger partial charge in [0.25, 0.3) is 11.5 Å². The van der Waals surface area contributed by atoms with Gasteiger partial charge < -0.3 is 15.4 Å². The van der Waals surface area contributed by atoms with E-state index in [2.05, 4.69) is 4.98 Å². The third-order valence-electron chi connectivity index (χ3n) is 4.39. The Kier molecular flexibility index (Phi) is 7.90. The molecule has 0 unspecified atom stereocenters. The quantitative estimate of drug-likeness (QED) is 0.594. The van der Waals surface area contributed by atoms with E-state index in [1.54, 1.807) is 0 Å². The summed E-state index contributed by atoms with van der Waals surface area (Å²) in [4.78, 5) is 52.6. The molecular weight excluding hydrogens is 395 g/mol. The molecule has 30 heavy (non-hydrogen) atoms. The molecule has 1 amide bonds. The van der Waals surface area contributed by atoms with Crippen LogP contribution in [-0.4, -0.2) is 34.6 Å². The van der Waals surface area contributed by atoms with Crippen LogP contribution in [0.1, 0.15) is 43.5 Å². The number of benzene rings is 1. The number of aromatic nitrogens is 2. The van der Waals surface area contributed by atoms with Gasteiger partial charge >= 0.3 is 11.7 Å². The molecule has 2 aromatic rings. The highest BCUT2D eigenvalue weighted by Gasteiger charge is 2.25. The van der Waals surface area contributed by atoms with E-state index in [1.807, 2.05) is 13.8 Å². The maximum Gasteiger partial charge on any atom is 0.341 e. The van der Waals surface area contributed by atoms with Crippen molar-refractivity contribution >= 4 is 23.4 Å². The molecular formula is C20H25FN4O5. The summed E-state index contributed by atoms with van der Waals surface area (Å²) >= 11 is 0. The number of hydrogen-bond donors (Lipinski definition) is 2. The highest BCUT2D eigenvalue weighted by molar-refractivity contribution is 5.98. The second kappa shape index (κ2) is 10.4. The smallest absolute Gasteiger partial charge is 0.341 e. The van der Waals surface area contributed by atoms with Crippen molar-refractivity contribution in [2.45, 2.75) is 39.7 Å². The number of hydrogen-bond acceptors (Lipinski definition) is 6. The van der Waals surface area contributed by atoms with Gasteiger partial charge in [-0.2, -0.15) is 0 Å². The van der Waals surface area contributed by atoms with Crippen LogP contribution in [-0.2, 0) is 16.1 Å². The summed E-state index contributed by atoms with van der Waals surface area (Å²) < 4.78 is 19.8. The van der Waals surface area contributed by atoms with Gasteiger partial charge in [-0.1, -0.05) is 32.4 Å². The van der Waals surface area contributed by atoms with Crippen molar-refractivity contribution in [3.63, 3.8) is 0 Å². The summed E-state index contributed by atoms with van der Waals surface area (Å²) in [5, 5.41) is 0. The fourth-order valence-corrected chi connectivity index (χ4v) is 2.87. The average molecular weight is 420 g/mol. The number of halogens is 1. The number of nitrogens with one attached hydrogen (secondary N) is 1. The molecule has 0 spiro atoms. The Morgan fingerprint density at radius 1 is 1.20 bits per heavy atom. The van der Waals surface area contributed by atoms with Gasteiger partial charge in [-0.15, -0.1) is 0 Å². The number of H-pyrrole nitrogens is 1. The van der Waals surface area contributed by atoms with E-state index in [0.717, 1.165) is 11.0 Å². The van der Waals surface area contributed by atoms with Crippen LogP contribution < -0.4 is 21.9 Å². The van der Waals surface area contributed by atoms with E-state index in [1.165, 1.54) is 22.8 Å². The van der Waals surface area contributed by atoms with E-state index >= 15 is 0 Å². The van der Waals surface area contributed by atoms with Crippen LogP contribution in [0.5, 0.6) is 0 Å². The first-order chi connectivity index (χ1) is 14.3. The Morgan fingerprint density at radius 3 is 2.53 bits per heavy atom. The molecule has 0 saturated carbocycles. The van der Waals surface area contributed by atoms with Crippen molar-refractivity contribution in [1.82, 2.24) is 9.55 Å². The number of carbonyl (C=O) groups excluding carboxylic acids is 2. The van der Waals surface area contributed by atoms with Crippen molar-refractivity contribution in [2.24, 2.45) is 0 Å². The lowest BCUT2D eigenvalue weighted by Gasteiger charge is -2.24. The Hall–Kier alpha value is -3.43. The van der Waals surface area contributed by atoms with Crippen molar-refractivity contribution in [3.8, 4) is 0 Å². The van der Waals surface area contributed by atoms with Gasteiger partial charge in [-0.25, -0.2) is 14.0 Å². The van der Waals surface area contributed by atoms with Crippen LogP contribution in [0.15, 0.2) is 33.9 Å². The number of nitrogens with zero attached hydrogens (tertiary/aromatic N) is 2. The zero-order chi connectivity index (χ0) is 22.3. The normalized spacial score (nSPS) is 10.6. The summed E-state index contributed by atoms with van der Waals surface area (Å²) in [6, 6.07) is 5.22. The van der Waals surface area contributed by atoms with E-state index in [4.69, 9.17) is 10.5 Å². The number of anilines is 2. The van der Waals surface area contributed by atoms with Crippen LogP contribution in [0.25, 0.3) is 0 Å². The standard InChI is InChI=1S/C20H25FN4O5/c1-3-5-11-24(16-17(22)25(10-4-2)20(29)23-18(16)27)15(26)12-30-19(28)13-8-6-7-9-14(13)21/h6-9H,3-5,10-12,22H2,1-2H3,(H,23,27,29). The van der Waals surface area contributed by atoms with Crippen molar-refractivity contribution < 1.29 is 18.7 Å². The Bertz CT molecular complexity index is 1030. The van der Waals surface area contributed by atoms with Crippen LogP contribution in [0.2, 0.25) is 0 Å². The summed E-state index contributed by atoms with van der Waals surface area (Å²) in [5.74, 6) is -2.64. The molecule has 1 aromatic heterocycles. The van der Waals surface area contributed by atoms with Crippen molar-refractivity contribution in [1.29, 1.82) is 0 Å². The van der Waals surface area contributed by atoms with Crippen LogP contribution in [0.4, 0.5) is 15.9 Å². The minimum absolute atomic E-state index is 0.129. The van der Waals surface area contributed by atoms with Crippen LogP contribution >= 0.6 is 0 Å². The molecule has 0 saturated heterocycles. The first kappa shape index (κ1) is 22.9. The minimum atomic E-state index is -1.00. The largest absolute Gasteiger partial charge is 0.452 e. The summed E-state index contributed by atoms with van der Waals surface area (Å²) in [7, 11) is 0. The molecule has 0 aliphatic rings. The monoisotopic (exact) mass is 420 g/mol. The number of ether oxygens (including phenoxy) is 1. The maximum absolute atomic E-state index is 13.7. The lowest BCUT2D eigenvalue weighted by Crippen LogP contribution is -2.43. The summed E-state index contributed by atoms with van der Waals surface area (Å²) in [5.41, 5.74) is 4.08. The third-order valence-corrected chi connectivity index (χ3v) is 4.39. The number of unbranched alkanes of at least 4 members (excludes halogenated alkanes) is 1. The average Bonchev–Trinajstić information content (AvgIpc) is 2.71. The molecule has 0 atom stereocenters. The number of aromatic amines is 1. The maximum atomic E-state index is 13.7. The van der Waals surface area contributed by atoms with Gasteiger partial charge in [0.05, 0.1) is 5.56 Å². The zero-order valence-corrected chi connectivity index (χ0v) is 16.9. The molecule has 0 fully saturated rings. The molecule has 0 aliphatic heterocycles. The minimum Gasteiger partial charge on any atom is -0.452 e. The topological polar surface area (TPSA) is 127 Å². The number of nitrogen functional groups attached to an aromatic ring is 1. The highest BCUT2D eigenvalue weighted by atomic mass is 19.1. The van der Waals surface area contributed by atoms with Gasteiger partial charge in [-0.3, -0.25) is 19.1 Å². The van der Waals surface area contributed by atoms with Crippen LogP contribution in [0.3, 0.4) is 0 Å². The predicted octanol–water partition coefficient (Wildman–Crippen LogP) is 1.66. The summed E-state index contributed by atoms with van der Waals surface area (Å²) in [6.45, 7) is 3.39. The first-order valence-corrected chi connectivity index (χ1v) is 9.66. The third kappa shape index (κ3) is 5.13. The molecule has 1 heterocycles. The predicted molar refractivity (Wildman–Crippen MR) is 110 cm³/mol. The number of nitrogens with two attached hydrogens (primary N) is 1. The molecule has 0 bridgehead atoms. The Labute approximate surface area is 172 Å². The molecule has 2 rings (SSSR count). The van der Waals surface area contributed by atoms with Gasteiger partial charge in [0.2, 0.25) is 0 Å². The lowest BCUT2D eigenvalue weighted by atomic mass is 10.2. The van der Waals surface area contributed by atoms with Gasteiger partial charge in [0.15, 0.2) is 12.3 Å². The fraction of sp³-hybridized carbons (Fsp3) is 0.400. The molecule has 3 N–H and O–H groups in total. The molecule has 0 aliphatic carbocycles. The number of rotatable bonds is 9. The fourth-order valence-electron chi connectivity index (χ4n) is 2.87. The van der Waals surface area contributed by atoms with Crippen LogP contribution in [0, 0.1) is 5.82 Å². The summed E-state index contributed by atoms with van der Waals surface area (Å²) in [6.07, 6.45) is 1.84.